The molecule has 88 valence electrons. The number of rotatable bonds is 2. The van der Waals surface area contributed by atoms with Crippen LogP contribution in [0.3, 0.4) is 0 Å². The second-order valence-electron chi connectivity index (χ2n) is 3.98. The SMILES string of the molecule is CCC1(O)CN(C(=O)c2cc(Cl)sc2Cl)C1. The van der Waals surface area contributed by atoms with Gasteiger partial charge >= 0.3 is 0 Å². The number of hydrogen-bond acceptors (Lipinski definition) is 3. The molecule has 6 heteroatoms. The highest BCUT2D eigenvalue weighted by atomic mass is 35.5. The molecule has 0 spiro atoms. The molecule has 0 aliphatic carbocycles. The fourth-order valence-electron chi connectivity index (χ4n) is 1.69. The lowest BCUT2D eigenvalue weighted by atomic mass is 9.91. The summed E-state index contributed by atoms with van der Waals surface area (Å²) in [6, 6.07) is 1.57. The molecular weight excluding hydrogens is 269 g/mol. The topological polar surface area (TPSA) is 40.5 Å². The average molecular weight is 280 g/mol. The first-order chi connectivity index (χ1) is 7.45. The Morgan fingerprint density at radius 1 is 1.62 bits per heavy atom. The molecule has 1 aromatic rings. The molecule has 1 aliphatic heterocycles. The van der Waals surface area contributed by atoms with Crippen molar-refractivity contribution >= 4 is 40.4 Å². The largest absolute Gasteiger partial charge is 0.386 e. The fourth-order valence-corrected chi connectivity index (χ4v) is 3.14. The van der Waals surface area contributed by atoms with E-state index in [1.165, 1.54) is 11.3 Å². The molecule has 1 amide bonds. The number of nitrogens with zero attached hydrogens (tertiary/aromatic N) is 1. The third-order valence-electron chi connectivity index (χ3n) is 2.80. The Morgan fingerprint density at radius 2 is 2.25 bits per heavy atom. The molecule has 2 heterocycles. The molecule has 16 heavy (non-hydrogen) atoms. The second-order valence-corrected chi connectivity index (χ2v) is 6.26. The van der Waals surface area contributed by atoms with Gasteiger partial charge in [-0.25, -0.2) is 0 Å². The second kappa shape index (κ2) is 4.18. The van der Waals surface area contributed by atoms with E-state index >= 15 is 0 Å². The van der Waals surface area contributed by atoms with Crippen molar-refractivity contribution in [1.82, 2.24) is 4.90 Å². The number of hydrogen-bond donors (Lipinski definition) is 1. The van der Waals surface area contributed by atoms with Gasteiger partial charge in [0.2, 0.25) is 0 Å². The predicted octanol–water partition coefficient (Wildman–Crippen LogP) is 2.65. The van der Waals surface area contributed by atoms with Gasteiger partial charge in [-0.1, -0.05) is 30.1 Å². The molecule has 0 aromatic carbocycles. The Labute approximate surface area is 108 Å². The summed E-state index contributed by atoms with van der Waals surface area (Å²) in [6.07, 6.45) is 0.648. The third kappa shape index (κ3) is 2.07. The Morgan fingerprint density at radius 3 is 2.69 bits per heavy atom. The van der Waals surface area contributed by atoms with Crippen molar-refractivity contribution in [1.29, 1.82) is 0 Å². The summed E-state index contributed by atoms with van der Waals surface area (Å²) in [5.74, 6) is -0.161. The number of likely N-dealkylation sites (tertiary alicyclic amines) is 1. The van der Waals surface area contributed by atoms with Crippen molar-refractivity contribution < 1.29 is 9.90 Å². The van der Waals surface area contributed by atoms with Gasteiger partial charge in [-0.3, -0.25) is 4.79 Å². The van der Waals surface area contributed by atoms with Crippen molar-refractivity contribution in [2.24, 2.45) is 0 Å². The van der Waals surface area contributed by atoms with Crippen LogP contribution in [0.1, 0.15) is 23.7 Å². The monoisotopic (exact) mass is 279 g/mol. The minimum absolute atomic E-state index is 0.161. The van der Waals surface area contributed by atoms with Gasteiger partial charge in [-0.05, 0) is 12.5 Å². The van der Waals surface area contributed by atoms with Crippen LogP contribution in [0.4, 0.5) is 0 Å². The maximum atomic E-state index is 11.9. The maximum Gasteiger partial charge on any atom is 0.256 e. The number of carbonyl (C=O) groups is 1. The van der Waals surface area contributed by atoms with Crippen LogP contribution in [-0.4, -0.2) is 34.6 Å². The van der Waals surface area contributed by atoms with Gasteiger partial charge in [0.15, 0.2) is 0 Å². The van der Waals surface area contributed by atoms with Crippen LogP contribution in [0.2, 0.25) is 8.67 Å². The van der Waals surface area contributed by atoms with Crippen LogP contribution in [0.5, 0.6) is 0 Å². The highest BCUT2D eigenvalue weighted by Crippen LogP contribution is 2.34. The van der Waals surface area contributed by atoms with E-state index in [0.29, 0.717) is 33.7 Å². The lowest BCUT2D eigenvalue weighted by molar-refractivity contribution is -0.0826. The summed E-state index contributed by atoms with van der Waals surface area (Å²) in [5, 5.41) is 9.81. The quantitative estimate of drug-likeness (QED) is 0.904. The molecule has 1 aromatic heterocycles. The Hall–Kier alpha value is -0.290. The Kier molecular flexibility index (Phi) is 3.18. The summed E-state index contributed by atoms with van der Waals surface area (Å²) in [4.78, 5) is 13.5. The molecule has 1 aliphatic rings. The van der Waals surface area contributed by atoms with E-state index in [4.69, 9.17) is 23.2 Å². The predicted molar refractivity (Wildman–Crippen MR) is 65.5 cm³/mol. The summed E-state index contributed by atoms with van der Waals surface area (Å²) in [6.45, 7) is 2.63. The van der Waals surface area contributed by atoms with E-state index in [1.807, 2.05) is 6.92 Å². The number of halogens is 2. The summed E-state index contributed by atoms with van der Waals surface area (Å²) < 4.78 is 0.904. The zero-order valence-electron chi connectivity index (χ0n) is 8.67. The maximum absolute atomic E-state index is 11.9. The van der Waals surface area contributed by atoms with Gasteiger partial charge in [0, 0.05) is 0 Å². The first-order valence-corrected chi connectivity index (χ1v) is 6.49. The Balaban J connectivity index is 2.08. The zero-order valence-corrected chi connectivity index (χ0v) is 11.0. The van der Waals surface area contributed by atoms with Crippen LogP contribution >= 0.6 is 34.5 Å². The van der Waals surface area contributed by atoms with Gasteiger partial charge in [0.1, 0.15) is 4.34 Å². The number of aliphatic hydroxyl groups is 1. The normalized spacial score (nSPS) is 18.4. The van der Waals surface area contributed by atoms with Crippen LogP contribution in [0, 0.1) is 0 Å². The van der Waals surface area contributed by atoms with Crippen LogP contribution in [0.15, 0.2) is 6.07 Å². The summed E-state index contributed by atoms with van der Waals surface area (Å²) >= 11 is 12.8. The lowest BCUT2D eigenvalue weighted by Gasteiger charge is -2.46. The third-order valence-corrected chi connectivity index (χ3v) is 4.29. The molecular formula is C10H11Cl2NO2S. The summed E-state index contributed by atoms with van der Waals surface area (Å²) in [5.41, 5.74) is -0.295. The smallest absolute Gasteiger partial charge is 0.256 e. The highest BCUT2D eigenvalue weighted by Gasteiger charge is 2.42. The van der Waals surface area contributed by atoms with Gasteiger partial charge in [-0.15, -0.1) is 11.3 Å². The molecule has 1 saturated heterocycles. The average Bonchev–Trinajstić information content (AvgIpc) is 2.52. The molecule has 0 bridgehead atoms. The van der Waals surface area contributed by atoms with Crippen molar-refractivity contribution in [3.8, 4) is 0 Å². The molecule has 1 fully saturated rings. The first kappa shape index (κ1) is 12.2. The van der Waals surface area contributed by atoms with Gasteiger partial charge < -0.3 is 10.0 Å². The Bertz CT molecular complexity index is 426. The van der Waals surface area contributed by atoms with E-state index in [2.05, 4.69) is 0 Å². The van der Waals surface area contributed by atoms with Crippen LogP contribution in [0.25, 0.3) is 0 Å². The molecule has 3 nitrogen and oxygen atoms in total. The summed E-state index contributed by atoms with van der Waals surface area (Å²) in [7, 11) is 0. The van der Waals surface area contributed by atoms with E-state index in [0.717, 1.165) is 0 Å². The molecule has 0 radical (unpaired) electrons. The number of β-amino-alcohol motifs (C(OH)–C–C–N with tert-alkyl or cyclic N) is 1. The number of amides is 1. The highest BCUT2D eigenvalue weighted by molar-refractivity contribution is 7.20. The van der Waals surface area contributed by atoms with E-state index < -0.39 is 5.60 Å². The molecule has 2 rings (SSSR count). The van der Waals surface area contributed by atoms with Gasteiger partial charge in [0.25, 0.3) is 5.91 Å². The molecule has 0 saturated carbocycles. The molecule has 0 atom stereocenters. The molecule has 1 N–H and O–H groups in total. The van der Waals surface area contributed by atoms with Crippen molar-refractivity contribution in [3.63, 3.8) is 0 Å². The number of thiophene rings is 1. The first-order valence-electron chi connectivity index (χ1n) is 4.92. The van der Waals surface area contributed by atoms with E-state index in [1.54, 1.807) is 11.0 Å². The minimum Gasteiger partial charge on any atom is -0.386 e. The van der Waals surface area contributed by atoms with E-state index in [-0.39, 0.29) is 5.91 Å². The number of carbonyl (C=O) groups excluding carboxylic acids is 1. The van der Waals surface area contributed by atoms with Crippen molar-refractivity contribution in [2.75, 3.05) is 13.1 Å². The lowest BCUT2D eigenvalue weighted by Crippen LogP contribution is -2.63. The van der Waals surface area contributed by atoms with Crippen molar-refractivity contribution in [2.45, 2.75) is 18.9 Å². The van der Waals surface area contributed by atoms with Crippen molar-refractivity contribution in [3.05, 3.63) is 20.3 Å². The molecule has 0 unspecified atom stereocenters. The fraction of sp³-hybridized carbons (Fsp3) is 0.500. The minimum atomic E-state index is -0.720. The van der Waals surface area contributed by atoms with Gasteiger partial charge in [-0.2, -0.15) is 0 Å². The van der Waals surface area contributed by atoms with E-state index in [9.17, 15) is 9.90 Å². The van der Waals surface area contributed by atoms with Crippen LogP contribution < -0.4 is 0 Å². The van der Waals surface area contributed by atoms with Crippen LogP contribution in [-0.2, 0) is 0 Å². The zero-order chi connectivity index (χ0) is 11.9. The standard InChI is InChI=1S/C10H11Cl2NO2S/c1-2-10(15)4-13(5-10)9(14)6-3-7(11)16-8(6)12/h3,15H,2,4-5H2,1H3. The van der Waals surface area contributed by atoms with Gasteiger partial charge in [0.05, 0.1) is 28.6 Å².